The number of nitrogens with one attached hydrogen (secondary N) is 1. The second-order valence-electron chi connectivity index (χ2n) is 6.21. The van der Waals surface area contributed by atoms with Gasteiger partial charge in [-0.3, -0.25) is 4.57 Å². The average Bonchev–Trinajstić information content (AvgIpc) is 3.06. The summed E-state index contributed by atoms with van der Waals surface area (Å²) in [5.74, 6) is 1.05. The first kappa shape index (κ1) is 19.6. The van der Waals surface area contributed by atoms with Gasteiger partial charge in [-0.1, -0.05) is 13.2 Å². The molecule has 8 heteroatoms. The minimum atomic E-state index is 0.401. The van der Waals surface area contributed by atoms with Gasteiger partial charge in [0.15, 0.2) is 11.5 Å². The van der Waals surface area contributed by atoms with Crippen LogP contribution in [-0.2, 0) is 7.05 Å². The largest absolute Gasteiger partial charge is 0.426 e. The smallest absolute Gasteiger partial charge is 0.303 e. The van der Waals surface area contributed by atoms with Crippen molar-refractivity contribution in [2.24, 2.45) is 7.05 Å². The molecule has 0 atom stereocenters. The number of fused-ring (bicyclic) bond motifs is 1. The van der Waals surface area contributed by atoms with Crippen LogP contribution in [0.1, 0.15) is 5.56 Å². The summed E-state index contributed by atoms with van der Waals surface area (Å²) in [7, 11) is 5.44. The molecular formula is C21H21N7O. The van der Waals surface area contributed by atoms with Crippen molar-refractivity contribution in [1.29, 1.82) is 5.26 Å². The molecule has 3 aromatic rings. The van der Waals surface area contributed by atoms with Crippen LogP contribution in [0.5, 0.6) is 6.01 Å². The van der Waals surface area contributed by atoms with E-state index in [4.69, 9.17) is 10.00 Å². The van der Waals surface area contributed by atoms with Gasteiger partial charge >= 0.3 is 6.01 Å². The summed E-state index contributed by atoms with van der Waals surface area (Å²) in [6.45, 7) is 7.97. The number of aryl methyl sites for hydroxylation is 1. The summed E-state index contributed by atoms with van der Waals surface area (Å²) in [6.07, 6.45) is 6.70. The van der Waals surface area contributed by atoms with Gasteiger partial charge in [0.1, 0.15) is 17.3 Å². The summed E-state index contributed by atoms with van der Waals surface area (Å²) >= 11 is 0. The van der Waals surface area contributed by atoms with Gasteiger partial charge < -0.3 is 15.0 Å². The molecule has 3 heterocycles. The van der Waals surface area contributed by atoms with Gasteiger partial charge in [0.25, 0.3) is 0 Å². The zero-order valence-corrected chi connectivity index (χ0v) is 16.5. The fourth-order valence-corrected chi connectivity index (χ4v) is 2.65. The van der Waals surface area contributed by atoms with E-state index in [1.54, 1.807) is 40.9 Å². The van der Waals surface area contributed by atoms with E-state index in [1.165, 1.54) is 6.20 Å². The number of nitriles is 1. The summed E-state index contributed by atoms with van der Waals surface area (Å²) < 4.78 is 7.51. The molecular weight excluding hydrogens is 366 g/mol. The first-order chi connectivity index (χ1) is 13.9. The molecule has 0 saturated carbocycles. The fraction of sp³-hybridized carbons (Fsp3) is 0.143. The van der Waals surface area contributed by atoms with Crippen LogP contribution in [0.15, 0.2) is 67.4 Å². The first-order valence-electron chi connectivity index (χ1n) is 8.77. The molecule has 0 spiro atoms. The number of imidazole rings is 1. The molecule has 146 valence electrons. The molecule has 0 bridgehead atoms. The fourth-order valence-electron chi connectivity index (χ4n) is 2.65. The van der Waals surface area contributed by atoms with Gasteiger partial charge in [-0.15, -0.1) is 0 Å². The Kier molecular flexibility index (Phi) is 5.60. The van der Waals surface area contributed by atoms with Crippen molar-refractivity contribution in [2.75, 3.05) is 24.3 Å². The van der Waals surface area contributed by atoms with Gasteiger partial charge in [-0.25, -0.2) is 9.97 Å². The van der Waals surface area contributed by atoms with Crippen molar-refractivity contribution in [3.05, 3.63) is 72.9 Å². The van der Waals surface area contributed by atoms with Crippen LogP contribution in [0.3, 0.4) is 0 Å². The summed E-state index contributed by atoms with van der Waals surface area (Å²) in [4.78, 5) is 14.8. The van der Waals surface area contributed by atoms with E-state index < -0.39 is 0 Å². The molecule has 0 amide bonds. The SMILES string of the molecule is C=C(C=CC(=C)N(C)c1ncc(C#N)cc1NC)Oc1nc2cccnc2n1C. The van der Waals surface area contributed by atoms with Crippen molar-refractivity contribution in [1.82, 2.24) is 19.5 Å². The van der Waals surface area contributed by atoms with E-state index in [2.05, 4.69) is 39.5 Å². The maximum atomic E-state index is 9.03. The third kappa shape index (κ3) is 4.09. The molecule has 1 N–H and O–H groups in total. The third-order valence-electron chi connectivity index (χ3n) is 4.28. The van der Waals surface area contributed by atoms with Crippen LogP contribution in [0.2, 0.25) is 0 Å². The highest BCUT2D eigenvalue weighted by Gasteiger charge is 2.12. The Balaban J connectivity index is 1.72. The predicted molar refractivity (Wildman–Crippen MR) is 113 cm³/mol. The summed E-state index contributed by atoms with van der Waals surface area (Å²) in [6, 6.07) is 7.90. The number of aromatic nitrogens is 4. The molecule has 0 aliphatic rings. The van der Waals surface area contributed by atoms with E-state index in [9.17, 15) is 0 Å². The Labute approximate surface area is 169 Å². The lowest BCUT2D eigenvalue weighted by atomic mass is 10.2. The van der Waals surface area contributed by atoms with E-state index >= 15 is 0 Å². The number of hydrogen-bond acceptors (Lipinski definition) is 7. The first-order valence-corrected chi connectivity index (χ1v) is 8.77. The highest BCUT2D eigenvalue weighted by atomic mass is 16.5. The number of allylic oxidation sites excluding steroid dienone is 2. The molecule has 0 saturated heterocycles. The number of likely N-dealkylation sites (N-methyl/N-ethyl adjacent to an activating group) is 1. The highest BCUT2D eigenvalue weighted by molar-refractivity contribution is 5.72. The molecule has 29 heavy (non-hydrogen) atoms. The Morgan fingerprint density at radius 2 is 2.14 bits per heavy atom. The maximum Gasteiger partial charge on any atom is 0.303 e. The van der Waals surface area contributed by atoms with E-state index in [0.29, 0.717) is 28.8 Å². The molecule has 8 nitrogen and oxygen atoms in total. The Morgan fingerprint density at radius 3 is 2.83 bits per heavy atom. The number of nitrogens with zero attached hydrogens (tertiary/aromatic N) is 6. The van der Waals surface area contributed by atoms with Gasteiger partial charge in [0.2, 0.25) is 0 Å². The monoisotopic (exact) mass is 387 g/mol. The molecule has 0 aromatic carbocycles. The average molecular weight is 387 g/mol. The van der Waals surface area contributed by atoms with Gasteiger partial charge in [0, 0.05) is 39.2 Å². The van der Waals surface area contributed by atoms with Gasteiger partial charge in [0.05, 0.1) is 11.3 Å². The topological polar surface area (TPSA) is 91.9 Å². The minimum absolute atomic E-state index is 0.401. The van der Waals surface area contributed by atoms with Crippen LogP contribution >= 0.6 is 0 Å². The van der Waals surface area contributed by atoms with Crippen molar-refractivity contribution in [3.8, 4) is 12.1 Å². The van der Waals surface area contributed by atoms with Crippen molar-refractivity contribution in [3.63, 3.8) is 0 Å². The third-order valence-corrected chi connectivity index (χ3v) is 4.28. The molecule has 0 fully saturated rings. The zero-order valence-electron chi connectivity index (χ0n) is 16.5. The lowest BCUT2D eigenvalue weighted by molar-refractivity contribution is 0.397. The minimum Gasteiger partial charge on any atom is -0.426 e. The molecule has 3 aromatic heterocycles. The number of hydrogen-bond donors (Lipinski definition) is 1. The summed E-state index contributed by atoms with van der Waals surface area (Å²) in [5.41, 5.74) is 3.34. The number of anilines is 2. The zero-order chi connectivity index (χ0) is 21.0. The number of ether oxygens (including phenoxy) is 1. The van der Waals surface area contributed by atoms with Crippen LogP contribution in [0.4, 0.5) is 11.5 Å². The van der Waals surface area contributed by atoms with E-state index in [1.807, 2.05) is 26.2 Å². The number of rotatable bonds is 7. The molecule has 0 unspecified atom stereocenters. The van der Waals surface area contributed by atoms with Gasteiger partial charge in [-0.05, 0) is 30.4 Å². The Morgan fingerprint density at radius 1 is 1.34 bits per heavy atom. The van der Waals surface area contributed by atoms with Crippen LogP contribution < -0.4 is 15.0 Å². The predicted octanol–water partition coefficient (Wildman–Crippen LogP) is 3.38. The van der Waals surface area contributed by atoms with E-state index in [0.717, 1.165) is 16.9 Å². The van der Waals surface area contributed by atoms with Crippen molar-refractivity contribution < 1.29 is 4.74 Å². The molecule has 3 rings (SSSR count). The van der Waals surface area contributed by atoms with Crippen LogP contribution in [-0.4, -0.2) is 33.6 Å². The normalized spacial score (nSPS) is 10.7. The lowest BCUT2D eigenvalue weighted by Crippen LogP contribution is -2.17. The van der Waals surface area contributed by atoms with E-state index in [-0.39, 0.29) is 0 Å². The van der Waals surface area contributed by atoms with Gasteiger partial charge in [-0.2, -0.15) is 10.2 Å². The second-order valence-corrected chi connectivity index (χ2v) is 6.21. The number of pyridine rings is 2. The van der Waals surface area contributed by atoms with Crippen LogP contribution in [0, 0.1) is 11.3 Å². The van der Waals surface area contributed by atoms with Crippen molar-refractivity contribution in [2.45, 2.75) is 0 Å². The molecule has 0 aliphatic heterocycles. The Bertz CT molecular complexity index is 1150. The standard InChI is InChI=1S/C21H21N7O/c1-14(27(4)20-18(23-3)11-16(12-22)13-25-20)8-9-15(2)29-21-26-17-7-6-10-24-19(17)28(21)5/h6-11,13,23H,1-2H2,3-5H3. The second kappa shape index (κ2) is 8.27. The summed E-state index contributed by atoms with van der Waals surface area (Å²) in [5, 5.41) is 12.1. The quantitative estimate of drug-likeness (QED) is 0.491. The highest BCUT2D eigenvalue weighted by Crippen LogP contribution is 2.26. The van der Waals surface area contributed by atoms with Crippen molar-refractivity contribution >= 4 is 22.7 Å². The van der Waals surface area contributed by atoms with Crippen LogP contribution in [0.25, 0.3) is 11.2 Å². The molecule has 0 aliphatic carbocycles. The molecule has 0 radical (unpaired) electrons. The maximum absolute atomic E-state index is 9.03. The lowest BCUT2D eigenvalue weighted by Gasteiger charge is -2.21. The Hall–Kier alpha value is -4.12.